The molecule has 0 aliphatic carbocycles. The van der Waals surface area contributed by atoms with E-state index < -0.39 is 0 Å². The van der Waals surface area contributed by atoms with Crippen molar-refractivity contribution in [3.63, 3.8) is 0 Å². The Labute approximate surface area is 95.1 Å². The average molecular weight is 217 g/mol. The quantitative estimate of drug-likeness (QED) is 0.669. The van der Waals surface area contributed by atoms with E-state index in [0.717, 1.165) is 36.4 Å². The number of ether oxygens (including phenoxy) is 2. The Hall–Kier alpha value is -1.51. The van der Waals surface area contributed by atoms with Gasteiger partial charge in [-0.3, -0.25) is 4.99 Å². The van der Waals surface area contributed by atoms with Gasteiger partial charge in [0.15, 0.2) is 11.5 Å². The molecule has 0 radical (unpaired) electrons. The van der Waals surface area contributed by atoms with Crippen LogP contribution in [0.25, 0.3) is 0 Å². The fraction of sp³-hybridized carbons (Fsp3) is 0.462. The number of nitrogens with zero attached hydrogens (tertiary/aromatic N) is 1. The van der Waals surface area contributed by atoms with Crippen molar-refractivity contribution in [3.8, 4) is 11.5 Å². The monoisotopic (exact) mass is 217 g/mol. The highest BCUT2D eigenvalue weighted by Crippen LogP contribution is 2.41. The molecule has 2 heterocycles. The van der Waals surface area contributed by atoms with Gasteiger partial charge in [-0.25, -0.2) is 0 Å². The maximum absolute atomic E-state index is 5.72. The van der Waals surface area contributed by atoms with Crippen LogP contribution in [-0.4, -0.2) is 18.9 Å². The fourth-order valence-corrected chi connectivity index (χ4v) is 2.29. The van der Waals surface area contributed by atoms with Crippen molar-refractivity contribution >= 4 is 11.4 Å². The van der Waals surface area contributed by atoms with Gasteiger partial charge in [0.2, 0.25) is 0 Å². The highest BCUT2D eigenvalue weighted by molar-refractivity contribution is 5.86. The lowest BCUT2D eigenvalue weighted by atomic mass is 10.0. The second kappa shape index (κ2) is 3.81. The van der Waals surface area contributed by atoms with Crippen LogP contribution >= 0.6 is 0 Å². The van der Waals surface area contributed by atoms with Crippen molar-refractivity contribution in [2.24, 2.45) is 4.99 Å². The van der Waals surface area contributed by atoms with Gasteiger partial charge in [0.05, 0.1) is 5.69 Å². The first-order valence-electron chi connectivity index (χ1n) is 5.80. The predicted octanol–water partition coefficient (Wildman–Crippen LogP) is 2.89. The van der Waals surface area contributed by atoms with Crippen molar-refractivity contribution in [3.05, 3.63) is 17.7 Å². The third kappa shape index (κ3) is 1.56. The minimum Gasteiger partial charge on any atom is -0.486 e. The van der Waals surface area contributed by atoms with Gasteiger partial charge in [0, 0.05) is 11.3 Å². The summed E-state index contributed by atoms with van der Waals surface area (Å²) in [5.74, 6) is 1.79. The molecule has 0 spiro atoms. The zero-order valence-corrected chi connectivity index (χ0v) is 9.45. The summed E-state index contributed by atoms with van der Waals surface area (Å²) in [4.78, 5) is 4.63. The molecule has 0 saturated heterocycles. The maximum Gasteiger partial charge on any atom is 0.166 e. The molecule has 0 bridgehead atoms. The first-order valence-corrected chi connectivity index (χ1v) is 5.80. The molecule has 0 unspecified atom stereocenters. The molecule has 2 aliphatic heterocycles. The predicted molar refractivity (Wildman–Crippen MR) is 63.1 cm³/mol. The van der Waals surface area contributed by atoms with E-state index in [1.54, 1.807) is 0 Å². The van der Waals surface area contributed by atoms with E-state index in [9.17, 15) is 0 Å². The molecule has 0 atom stereocenters. The number of benzene rings is 1. The zero-order valence-electron chi connectivity index (χ0n) is 9.45. The number of rotatable bonds is 0. The van der Waals surface area contributed by atoms with E-state index in [2.05, 4.69) is 11.9 Å². The van der Waals surface area contributed by atoms with Crippen LogP contribution in [0.5, 0.6) is 11.5 Å². The number of aliphatic imine (C=N–C) groups is 1. The molecule has 0 fully saturated rings. The summed E-state index contributed by atoms with van der Waals surface area (Å²) < 4.78 is 11.3. The highest BCUT2D eigenvalue weighted by Gasteiger charge is 2.20. The molecule has 16 heavy (non-hydrogen) atoms. The molecule has 0 N–H and O–H groups in total. The van der Waals surface area contributed by atoms with Gasteiger partial charge in [0.1, 0.15) is 13.2 Å². The van der Waals surface area contributed by atoms with Crippen LogP contribution in [0, 0.1) is 0 Å². The van der Waals surface area contributed by atoms with Crippen molar-refractivity contribution in [2.45, 2.75) is 26.2 Å². The zero-order chi connectivity index (χ0) is 11.0. The first kappa shape index (κ1) is 9.70. The van der Waals surface area contributed by atoms with Crippen molar-refractivity contribution < 1.29 is 9.47 Å². The Morgan fingerprint density at radius 3 is 2.94 bits per heavy atom. The van der Waals surface area contributed by atoms with Gasteiger partial charge in [-0.1, -0.05) is 0 Å². The van der Waals surface area contributed by atoms with Crippen molar-refractivity contribution in [2.75, 3.05) is 13.2 Å². The van der Waals surface area contributed by atoms with Gasteiger partial charge in [-0.05, 0) is 38.3 Å². The van der Waals surface area contributed by atoms with Crippen molar-refractivity contribution in [1.29, 1.82) is 0 Å². The number of hydrogen-bond acceptors (Lipinski definition) is 3. The van der Waals surface area contributed by atoms with Crippen LogP contribution < -0.4 is 9.47 Å². The molecule has 0 saturated carbocycles. The molecule has 3 heteroatoms. The van der Waals surface area contributed by atoms with Crippen LogP contribution in [0.4, 0.5) is 5.69 Å². The van der Waals surface area contributed by atoms with Gasteiger partial charge < -0.3 is 9.47 Å². The summed E-state index contributed by atoms with van der Waals surface area (Å²) in [6.45, 7) is 3.38. The van der Waals surface area contributed by atoms with Crippen LogP contribution in [0.2, 0.25) is 0 Å². The molecule has 2 aliphatic rings. The number of hydrogen-bond donors (Lipinski definition) is 0. The second-order valence-corrected chi connectivity index (χ2v) is 4.29. The largest absolute Gasteiger partial charge is 0.486 e. The smallest absolute Gasteiger partial charge is 0.166 e. The minimum atomic E-state index is 0.645. The molecular weight excluding hydrogens is 202 g/mol. The maximum atomic E-state index is 5.72. The third-order valence-corrected chi connectivity index (χ3v) is 3.06. The van der Waals surface area contributed by atoms with Gasteiger partial charge in [-0.2, -0.15) is 0 Å². The fourth-order valence-electron chi connectivity index (χ4n) is 2.29. The Balaban J connectivity index is 2.13. The van der Waals surface area contributed by atoms with Crippen LogP contribution in [-0.2, 0) is 6.42 Å². The Morgan fingerprint density at radius 2 is 2.00 bits per heavy atom. The lowest BCUT2D eigenvalue weighted by Crippen LogP contribution is -2.16. The van der Waals surface area contributed by atoms with Crippen molar-refractivity contribution in [1.82, 2.24) is 0 Å². The molecule has 84 valence electrons. The van der Waals surface area contributed by atoms with Crippen LogP contribution in [0.1, 0.15) is 25.3 Å². The van der Waals surface area contributed by atoms with E-state index in [0.29, 0.717) is 13.2 Å². The van der Waals surface area contributed by atoms with E-state index in [1.165, 1.54) is 11.3 Å². The molecule has 1 aromatic carbocycles. The summed E-state index contributed by atoms with van der Waals surface area (Å²) in [5.41, 5.74) is 3.48. The summed E-state index contributed by atoms with van der Waals surface area (Å²) in [5, 5.41) is 0. The molecule has 3 nitrogen and oxygen atoms in total. The normalized spacial score (nSPS) is 18.4. The summed E-state index contributed by atoms with van der Waals surface area (Å²) >= 11 is 0. The molecular formula is C13H15NO2. The summed E-state index contributed by atoms with van der Waals surface area (Å²) in [6.07, 6.45) is 3.25. The average Bonchev–Trinajstić information content (AvgIpc) is 2.50. The minimum absolute atomic E-state index is 0.645. The van der Waals surface area contributed by atoms with Gasteiger partial charge >= 0.3 is 0 Å². The molecule has 3 rings (SSSR count). The van der Waals surface area contributed by atoms with Crippen LogP contribution in [0.15, 0.2) is 17.1 Å². The molecule has 0 amide bonds. The topological polar surface area (TPSA) is 30.8 Å². The summed E-state index contributed by atoms with van der Waals surface area (Å²) in [6, 6.07) is 4.01. The Kier molecular flexibility index (Phi) is 2.31. The van der Waals surface area contributed by atoms with Gasteiger partial charge in [-0.15, -0.1) is 0 Å². The second-order valence-electron chi connectivity index (χ2n) is 4.29. The van der Waals surface area contributed by atoms with Crippen LogP contribution in [0.3, 0.4) is 0 Å². The summed E-state index contributed by atoms with van der Waals surface area (Å²) in [7, 11) is 0. The molecule has 0 aromatic heterocycles. The SMILES string of the molecule is CC1=Nc2ccc3c(c2CCC1)OCCO3. The van der Waals surface area contributed by atoms with E-state index in [4.69, 9.17) is 9.47 Å². The lowest BCUT2D eigenvalue weighted by molar-refractivity contribution is 0.170. The first-order chi connectivity index (χ1) is 7.84. The highest BCUT2D eigenvalue weighted by atomic mass is 16.6. The Bertz CT molecular complexity index is 451. The third-order valence-electron chi connectivity index (χ3n) is 3.06. The molecule has 1 aromatic rings. The van der Waals surface area contributed by atoms with E-state index in [-0.39, 0.29) is 0 Å². The standard InChI is InChI=1S/C13H15NO2/c1-9-3-2-4-10-11(14-9)5-6-12-13(10)16-8-7-15-12/h5-6H,2-4,7-8H2,1H3. The van der Waals surface area contributed by atoms with E-state index >= 15 is 0 Å². The lowest BCUT2D eigenvalue weighted by Gasteiger charge is -2.21. The van der Waals surface area contributed by atoms with Gasteiger partial charge in [0.25, 0.3) is 0 Å². The Morgan fingerprint density at radius 1 is 1.12 bits per heavy atom. The van der Waals surface area contributed by atoms with E-state index in [1.807, 2.05) is 12.1 Å². The number of fused-ring (bicyclic) bond motifs is 3.